The number of likely N-dealkylation sites (N-methyl/N-ethyl adjacent to an activating group) is 1. The summed E-state index contributed by atoms with van der Waals surface area (Å²) in [6.07, 6.45) is 0. The van der Waals surface area contributed by atoms with Gasteiger partial charge in [0.2, 0.25) is 0 Å². The molecule has 0 spiro atoms. The van der Waals surface area contributed by atoms with Crippen LogP contribution < -0.4 is 10.5 Å². The van der Waals surface area contributed by atoms with Gasteiger partial charge in [-0.15, -0.1) is 0 Å². The van der Waals surface area contributed by atoms with Crippen LogP contribution >= 0.6 is 11.3 Å². The second-order valence-electron chi connectivity index (χ2n) is 4.29. The topological polar surface area (TPSA) is 38.5 Å². The molecule has 2 rings (SSSR count). The third kappa shape index (κ3) is 4.05. The van der Waals surface area contributed by atoms with Gasteiger partial charge in [0, 0.05) is 18.8 Å². The van der Waals surface area contributed by atoms with Crippen LogP contribution in [0.5, 0.6) is 5.75 Å². The molecule has 96 valence electrons. The van der Waals surface area contributed by atoms with Crippen molar-refractivity contribution in [2.45, 2.75) is 6.54 Å². The molecule has 1 aromatic carbocycles. The average molecular weight is 262 g/mol. The summed E-state index contributed by atoms with van der Waals surface area (Å²) in [5.41, 5.74) is 7.73. The first-order valence-electron chi connectivity index (χ1n) is 5.92. The van der Waals surface area contributed by atoms with E-state index in [4.69, 9.17) is 10.5 Å². The number of nitrogen functional groups attached to an aromatic ring is 1. The number of nitrogens with zero attached hydrogens (tertiary/aromatic N) is 1. The molecule has 1 aromatic heterocycles. The molecule has 4 heteroatoms. The van der Waals surface area contributed by atoms with Crippen LogP contribution in [0.2, 0.25) is 0 Å². The molecule has 0 radical (unpaired) electrons. The maximum absolute atomic E-state index is 5.66. The molecule has 2 aromatic rings. The minimum atomic E-state index is 0.685. The predicted molar refractivity (Wildman–Crippen MR) is 77.0 cm³/mol. The molecule has 0 amide bonds. The van der Waals surface area contributed by atoms with Crippen molar-refractivity contribution >= 4 is 17.0 Å². The molecule has 0 bridgehead atoms. The van der Waals surface area contributed by atoms with Crippen molar-refractivity contribution < 1.29 is 4.74 Å². The molecule has 0 saturated heterocycles. The van der Waals surface area contributed by atoms with Gasteiger partial charge >= 0.3 is 0 Å². The first kappa shape index (κ1) is 12.9. The number of nitrogens with two attached hydrogens (primary N) is 1. The first-order chi connectivity index (χ1) is 8.74. The SMILES string of the molecule is CN(CCOc1ccc(N)cc1)Cc1ccsc1. The van der Waals surface area contributed by atoms with Gasteiger partial charge in [-0.05, 0) is 53.7 Å². The van der Waals surface area contributed by atoms with E-state index in [1.807, 2.05) is 24.3 Å². The van der Waals surface area contributed by atoms with Gasteiger partial charge in [0.05, 0.1) is 0 Å². The number of rotatable bonds is 6. The van der Waals surface area contributed by atoms with E-state index < -0.39 is 0 Å². The Morgan fingerprint density at radius 3 is 2.67 bits per heavy atom. The highest BCUT2D eigenvalue weighted by atomic mass is 32.1. The van der Waals surface area contributed by atoms with Gasteiger partial charge in [-0.2, -0.15) is 11.3 Å². The van der Waals surface area contributed by atoms with E-state index in [2.05, 4.69) is 28.8 Å². The Hall–Kier alpha value is -1.52. The Morgan fingerprint density at radius 1 is 1.22 bits per heavy atom. The number of benzene rings is 1. The number of anilines is 1. The lowest BCUT2D eigenvalue weighted by Gasteiger charge is -2.16. The highest BCUT2D eigenvalue weighted by molar-refractivity contribution is 7.07. The van der Waals surface area contributed by atoms with Crippen LogP contribution in [0, 0.1) is 0 Å². The lowest BCUT2D eigenvalue weighted by molar-refractivity contribution is 0.233. The fraction of sp³-hybridized carbons (Fsp3) is 0.286. The minimum absolute atomic E-state index is 0.685. The Balaban J connectivity index is 1.70. The monoisotopic (exact) mass is 262 g/mol. The smallest absolute Gasteiger partial charge is 0.119 e. The van der Waals surface area contributed by atoms with Gasteiger partial charge in [-0.1, -0.05) is 0 Å². The molecule has 2 N–H and O–H groups in total. The zero-order valence-corrected chi connectivity index (χ0v) is 11.3. The number of hydrogen-bond donors (Lipinski definition) is 1. The zero-order valence-electron chi connectivity index (χ0n) is 10.5. The summed E-state index contributed by atoms with van der Waals surface area (Å²) in [6.45, 7) is 2.55. The second kappa shape index (κ2) is 6.42. The molecule has 0 saturated carbocycles. The van der Waals surface area contributed by atoms with E-state index in [1.54, 1.807) is 11.3 Å². The van der Waals surface area contributed by atoms with Crippen LogP contribution in [0.25, 0.3) is 0 Å². The molecular formula is C14H18N2OS. The Labute approximate surface area is 112 Å². The lowest BCUT2D eigenvalue weighted by Crippen LogP contribution is -2.23. The molecule has 0 aliphatic heterocycles. The van der Waals surface area contributed by atoms with Gasteiger partial charge in [-0.3, -0.25) is 4.90 Å². The highest BCUT2D eigenvalue weighted by Gasteiger charge is 2.01. The molecule has 3 nitrogen and oxygen atoms in total. The van der Waals surface area contributed by atoms with E-state index in [0.29, 0.717) is 6.61 Å². The first-order valence-corrected chi connectivity index (χ1v) is 6.86. The van der Waals surface area contributed by atoms with Gasteiger partial charge in [0.1, 0.15) is 12.4 Å². The van der Waals surface area contributed by atoms with Gasteiger partial charge in [0.25, 0.3) is 0 Å². The zero-order chi connectivity index (χ0) is 12.8. The Bertz CT molecular complexity index is 453. The van der Waals surface area contributed by atoms with Crippen molar-refractivity contribution in [2.24, 2.45) is 0 Å². The normalized spacial score (nSPS) is 10.8. The van der Waals surface area contributed by atoms with Crippen molar-refractivity contribution in [1.29, 1.82) is 0 Å². The summed E-state index contributed by atoms with van der Waals surface area (Å²) >= 11 is 1.73. The largest absolute Gasteiger partial charge is 0.492 e. The molecule has 0 unspecified atom stereocenters. The van der Waals surface area contributed by atoms with Crippen molar-refractivity contribution in [3.63, 3.8) is 0 Å². The standard InChI is InChI=1S/C14H18N2OS/c1-16(10-12-6-9-18-11-12)7-8-17-14-4-2-13(15)3-5-14/h2-6,9,11H,7-8,10,15H2,1H3. The van der Waals surface area contributed by atoms with E-state index in [9.17, 15) is 0 Å². The van der Waals surface area contributed by atoms with E-state index in [1.165, 1.54) is 5.56 Å². The fourth-order valence-electron chi connectivity index (χ4n) is 1.66. The number of ether oxygens (including phenoxy) is 1. The molecule has 1 heterocycles. The van der Waals surface area contributed by atoms with Crippen molar-refractivity contribution in [3.8, 4) is 5.75 Å². The van der Waals surface area contributed by atoms with Gasteiger partial charge < -0.3 is 10.5 Å². The summed E-state index contributed by atoms with van der Waals surface area (Å²) in [5, 5.41) is 4.28. The van der Waals surface area contributed by atoms with E-state index in [0.717, 1.165) is 24.5 Å². The second-order valence-corrected chi connectivity index (χ2v) is 5.07. The maximum Gasteiger partial charge on any atom is 0.119 e. The van der Waals surface area contributed by atoms with Crippen molar-refractivity contribution in [2.75, 3.05) is 25.9 Å². The summed E-state index contributed by atoms with van der Waals surface area (Å²) in [7, 11) is 2.10. The van der Waals surface area contributed by atoms with Crippen LogP contribution in [0.3, 0.4) is 0 Å². The van der Waals surface area contributed by atoms with E-state index >= 15 is 0 Å². The quantitative estimate of drug-likeness (QED) is 0.814. The summed E-state index contributed by atoms with van der Waals surface area (Å²) < 4.78 is 5.66. The summed E-state index contributed by atoms with van der Waals surface area (Å²) in [6, 6.07) is 9.65. The van der Waals surface area contributed by atoms with Gasteiger partial charge in [-0.25, -0.2) is 0 Å². The molecule has 18 heavy (non-hydrogen) atoms. The fourth-order valence-corrected chi connectivity index (χ4v) is 2.32. The molecule has 0 aliphatic rings. The highest BCUT2D eigenvalue weighted by Crippen LogP contribution is 2.13. The van der Waals surface area contributed by atoms with Crippen LogP contribution in [0.1, 0.15) is 5.56 Å². The molecular weight excluding hydrogens is 244 g/mol. The number of hydrogen-bond acceptors (Lipinski definition) is 4. The number of thiophene rings is 1. The van der Waals surface area contributed by atoms with Gasteiger partial charge in [0.15, 0.2) is 0 Å². The van der Waals surface area contributed by atoms with Crippen molar-refractivity contribution in [1.82, 2.24) is 4.90 Å². The van der Waals surface area contributed by atoms with Crippen molar-refractivity contribution in [3.05, 3.63) is 46.7 Å². The third-order valence-electron chi connectivity index (χ3n) is 2.65. The lowest BCUT2D eigenvalue weighted by atomic mass is 10.3. The van der Waals surface area contributed by atoms with Crippen LogP contribution in [0.15, 0.2) is 41.1 Å². The Morgan fingerprint density at radius 2 is 2.00 bits per heavy atom. The average Bonchev–Trinajstić information content (AvgIpc) is 2.84. The van der Waals surface area contributed by atoms with Crippen LogP contribution in [-0.2, 0) is 6.54 Å². The third-order valence-corrected chi connectivity index (χ3v) is 3.39. The summed E-state index contributed by atoms with van der Waals surface area (Å²) in [4.78, 5) is 2.25. The van der Waals surface area contributed by atoms with Crippen LogP contribution in [-0.4, -0.2) is 25.1 Å². The molecule has 0 aliphatic carbocycles. The van der Waals surface area contributed by atoms with E-state index in [-0.39, 0.29) is 0 Å². The summed E-state index contributed by atoms with van der Waals surface area (Å²) in [5.74, 6) is 0.869. The van der Waals surface area contributed by atoms with Crippen LogP contribution in [0.4, 0.5) is 5.69 Å². The predicted octanol–water partition coefficient (Wildman–Crippen LogP) is 2.84. The minimum Gasteiger partial charge on any atom is -0.492 e. The molecule has 0 atom stereocenters. The molecule has 0 fully saturated rings. The Kier molecular flexibility index (Phi) is 4.61. The maximum atomic E-state index is 5.66.